The van der Waals surface area contributed by atoms with Crippen molar-refractivity contribution in [2.24, 2.45) is 0 Å². The second-order valence-electron chi connectivity index (χ2n) is 5.74. The minimum absolute atomic E-state index is 0.0205. The van der Waals surface area contributed by atoms with E-state index in [0.29, 0.717) is 5.56 Å². The quantitative estimate of drug-likeness (QED) is 0.774. The fourth-order valence-electron chi connectivity index (χ4n) is 2.12. The van der Waals surface area contributed by atoms with Crippen LogP contribution in [0.15, 0.2) is 42.5 Å². The van der Waals surface area contributed by atoms with Crippen LogP contribution < -0.4 is 5.73 Å². The molecule has 0 unspecified atom stereocenters. The highest BCUT2D eigenvalue weighted by molar-refractivity contribution is 5.69. The van der Waals surface area contributed by atoms with Gasteiger partial charge >= 0.3 is 0 Å². The van der Waals surface area contributed by atoms with Crippen molar-refractivity contribution in [1.29, 1.82) is 5.26 Å². The predicted octanol–water partition coefficient (Wildman–Crippen LogP) is 4.10. The Morgan fingerprint density at radius 2 is 1.53 bits per heavy atom. The van der Waals surface area contributed by atoms with Crippen molar-refractivity contribution in [2.45, 2.75) is 26.2 Å². The van der Waals surface area contributed by atoms with Crippen molar-refractivity contribution in [3.05, 3.63) is 53.6 Å². The van der Waals surface area contributed by atoms with Gasteiger partial charge in [0.2, 0.25) is 0 Å². The molecule has 0 saturated carbocycles. The zero-order valence-corrected chi connectivity index (χ0v) is 11.6. The Morgan fingerprint density at radius 1 is 0.947 bits per heavy atom. The molecule has 0 amide bonds. The zero-order valence-electron chi connectivity index (χ0n) is 11.6. The zero-order chi connectivity index (χ0) is 14.0. The number of anilines is 1. The number of nitrogens with two attached hydrogens (primary N) is 1. The van der Waals surface area contributed by atoms with Crippen molar-refractivity contribution >= 4 is 5.69 Å². The molecule has 0 aliphatic rings. The number of rotatable bonds is 1. The van der Waals surface area contributed by atoms with E-state index in [-0.39, 0.29) is 5.41 Å². The number of nitrogens with zero attached hydrogens (tertiary/aromatic N) is 1. The van der Waals surface area contributed by atoms with Gasteiger partial charge in [-0.05, 0) is 46.4 Å². The van der Waals surface area contributed by atoms with Crippen molar-refractivity contribution in [1.82, 2.24) is 0 Å². The first-order valence-electron chi connectivity index (χ1n) is 6.32. The van der Waals surface area contributed by atoms with Crippen molar-refractivity contribution in [3.63, 3.8) is 0 Å². The Kier molecular flexibility index (Phi) is 3.31. The van der Waals surface area contributed by atoms with Gasteiger partial charge in [0.25, 0.3) is 0 Å². The number of hydrogen-bond acceptors (Lipinski definition) is 2. The van der Waals surface area contributed by atoms with E-state index in [9.17, 15) is 0 Å². The van der Waals surface area contributed by atoms with E-state index in [1.807, 2.05) is 36.4 Å². The molecule has 19 heavy (non-hydrogen) atoms. The van der Waals surface area contributed by atoms with Gasteiger partial charge in [-0.2, -0.15) is 5.26 Å². The smallest absolute Gasteiger partial charge is 0.0991 e. The molecule has 96 valence electrons. The van der Waals surface area contributed by atoms with Crippen LogP contribution in [0.25, 0.3) is 11.1 Å². The molecule has 2 heteroatoms. The average molecular weight is 250 g/mol. The van der Waals surface area contributed by atoms with Gasteiger partial charge in [-0.15, -0.1) is 0 Å². The van der Waals surface area contributed by atoms with Gasteiger partial charge in [0, 0.05) is 5.69 Å². The first-order chi connectivity index (χ1) is 8.91. The molecule has 0 spiro atoms. The summed E-state index contributed by atoms with van der Waals surface area (Å²) in [5, 5.41) is 8.82. The summed E-state index contributed by atoms with van der Waals surface area (Å²) in [6.07, 6.45) is 0. The fraction of sp³-hybridized carbons (Fsp3) is 0.235. The number of hydrogen-bond donors (Lipinski definition) is 1. The number of nitrogen functional groups attached to an aromatic ring is 1. The highest BCUT2D eigenvalue weighted by atomic mass is 14.6. The molecule has 0 aromatic heterocycles. The van der Waals surface area contributed by atoms with Crippen LogP contribution in [0.1, 0.15) is 31.9 Å². The standard InChI is InChI=1S/C17H18N2/c1-17(2,3)15-10-14(8-9-16(15)19)13-6-4-12(11-18)5-7-13/h4-10H,19H2,1-3H3. The number of nitriles is 1. The second kappa shape index (κ2) is 4.78. The van der Waals surface area contributed by atoms with Gasteiger partial charge < -0.3 is 5.73 Å². The lowest BCUT2D eigenvalue weighted by Crippen LogP contribution is -2.13. The summed E-state index contributed by atoms with van der Waals surface area (Å²) in [5.74, 6) is 0. The highest BCUT2D eigenvalue weighted by Crippen LogP contribution is 2.32. The lowest BCUT2D eigenvalue weighted by molar-refractivity contribution is 0.593. The maximum atomic E-state index is 8.82. The van der Waals surface area contributed by atoms with Crippen LogP contribution in [-0.4, -0.2) is 0 Å². The SMILES string of the molecule is CC(C)(C)c1cc(-c2ccc(C#N)cc2)ccc1N. The monoisotopic (exact) mass is 250 g/mol. The van der Waals surface area contributed by atoms with Crippen LogP contribution in [-0.2, 0) is 5.41 Å². The first kappa shape index (κ1) is 13.2. The molecule has 0 bridgehead atoms. The van der Waals surface area contributed by atoms with E-state index in [0.717, 1.165) is 22.4 Å². The van der Waals surface area contributed by atoms with Crippen LogP contribution in [0.2, 0.25) is 0 Å². The van der Waals surface area contributed by atoms with Crippen LogP contribution in [0.4, 0.5) is 5.69 Å². The molecule has 2 rings (SSSR count). The lowest BCUT2D eigenvalue weighted by Gasteiger charge is -2.22. The van der Waals surface area contributed by atoms with E-state index >= 15 is 0 Å². The topological polar surface area (TPSA) is 49.8 Å². The van der Waals surface area contributed by atoms with Gasteiger partial charge in [0.1, 0.15) is 0 Å². The Morgan fingerprint density at radius 3 is 2.05 bits per heavy atom. The summed E-state index contributed by atoms with van der Waals surface area (Å²) in [6, 6.07) is 15.8. The largest absolute Gasteiger partial charge is 0.398 e. The molecule has 0 fully saturated rings. The molecule has 0 aliphatic heterocycles. The van der Waals surface area contributed by atoms with Crippen molar-refractivity contribution in [3.8, 4) is 17.2 Å². The summed E-state index contributed by atoms with van der Waals surface area (Å²) in [4.78, 5) is 0. The molecule has 0 saturated heterocycles. The maximum absolute atomic E-state index is 8.82. The van der Waals surface area contributed by atoms with E-state index in [1.54, 1.807) is 0 Å². The molecule has 2 nitrogen and oxygen atoms in total. The minimum Gasteiger partial charge on any atom is -0.398 e. The molecule has 2 aromatic rings. The summed E-state index contributed by atoms with van der Waals surface area (Å²) in [5.41, 5.74) is 11.0. The Bertz CT molecular complexity index is 626. The van der Waals surface area contributed by atoms with Gasteiger partial charge in [-0.25, -0.2) is 0 Å². The van der Waals surface area contributed by atoms with Crippen molar-refractivity contribution < 1.29 is 0 Å². The van der Waals surface area contributed by atoms with E-state index in [1.165, 1.54) is 0 Å². The fourth-order valence-corrected chi connectivity index (χ4v) is 2.12. The third-order valence-electron chi connectivity index (χ3n) is 3.21. The maximum Gasteiger partial charge on any atom is 0.0991 e. The Balaban J connectivity index is 2.49. The van der Waals surface area contributed by atoms with E-state index < -0.39 is 0 Å². The van der Waals surface area contributed by atoms with Gasteiger partial charge in [0.05, 0.1) is 11.6 Å². The van der Waals surface area contributed by atoms with Crippen LogP contribution in [0.3, 0.4) is 0 Å². The van der Waals surface area contributed by atoms with Gasteiger partial charge in [-0.3, -0.25) is 0 Å². The third-order valence-corrected chi connectivity index (χ3v) is 3.21. The normalized spacial score (nSPS) is 11.1. The van der Waals surface area contributed by atoms with Gasteiger partial charge in [-0.1, -0.05) is 39.0 Å². The summed E-state index contributed by atoms with van der Waals surface area (Å²) in [7, 11) is 0. The van der Waals surface area contributed by atoms with E-state index in [2.05, 4.69) is 32.9 Å². The second-order valence-corrected chi connectivity index (χ2v) is 5.74. The predicted molar refractivity (Wildman–Crippen MR) is 79.7 cm³/mol. The lowest BCUT2D eigenvalue weighted by atomic mass is 9.84. The highest BCUT2D eigenvalue weighted by Gasteiger charge is 2.17. The Labute approximate surface area is 114 Å². The minimum atomic E-state index is 0.0205. The molecule has 0 aliphatic carbocycles. The average Bonchev–Trinajstić information content (AvgIpc) is 2.38. The molecular formula is C17H18N2. The molecule has 0 radical (unpaired) electrons. The molecule has 0 heterocycles. The van der Waals surface area contributed by atoms with Crippen LogP contribution in [0.5, 0.6) is 0 Å². The number of benzene rings is 2. The summed E-state index contributed by atoms with van der Waals surface area (Å²) < 4.78 is 0. The van der Waals surface area contributed by atoms with Gasteiger partial charge in [0.15, 0.2) is 0 Å². The molecule has 2 aromatic carbocycles. The summed E-state index contributed by atoms with van der Waals surface area (Å²) >= 11 is 0. The first-order valence-corrected chi connectivity index (χ1v) is 6.32. The van der Waals surface area contributed by atoms with Crippen molar-refractivity contribution in [2.75, 3.05) is 5.73 Å². The van der Waals surface area contributed by atoms with Crippen LogP contribution in [0, 0.1) is 11.3 Å². The summed E-state index contributed by atoms with van der Waals surface area (Å²) in [6.45, 7) is 6.46. The third kappa shape index (κ3) is 2.77. The Hall–Kier alpha value is -2.27. The molecule has 2 N–H and O–H groups in total. The molecule has 0 atom stereocenters. The van der Waals surface area contributed by atoms with E-state index in [4.69, 9.17) is 11.0 Å². The molecular weight excluding hydrogens is 232 g/mol. The van der Waals surface area contributed by atoms with Crippen LogP contribution >= 0.6 is 0 Å².